The third-order valence-electron chi connectivity index (χ3n) is 2.70. The van der Waals surface area contributed by atoms with Gasteiger partial charge >= 0.3 is 0 Å². The van der Waals surface area contributed by atoms with Gasteiger partial charge in [0.2, 0.25) is 0 Å². The third kappa shape index (κ3) is 6.68. The van der Waals surface area contributed by atoms with Crippen LogP contribution in [0.4, 0.5) is 0 Å². The first-order valence-electron chi connectivity index (χ1n) is 6.66. The summed E-state index contributed by atoms with van der Waals surface area (Å²) in [6.07, 6.45) is 1.48. The monoisotopic (exact) mass is 271 g/mol. The van der Waals surface area contributed by atoms with E-state index in [-0.39, 0.29) is 0 Å². The summed E-state index contributed by atoms with van der Waals surface area (Å²) in [6.45, 7) is 7.24. The zero-order valence-electron chi connectivity index (χ0n) is 12.1. The number of rotatable bonds is 10. The number of aliphatic hydroxyl groups excluding tert-OH is 1. The normalized spacial score (nSPS) is 12.8. The van der Waals surface area contributed by atoms with Crippen LogP contribution in [0, 0.1) is 6.92 Å². The van der Waals surface area contributed by atoms with Crippen LogP contribution in [0.1, 0.15) is 18.2 Å². The van der Waals surface area contributed by atoms with E-state index >= 15 is 0 Å². The van der Waals surface area contributed by atoms with Crippen LogP contribution < -0.4 is 5.32 Å². The lowest BCUT2D eigenvalue weighted by Crippen LogP contribution is -2.30. The summed E-state index contributed by atoms with van der Waals surface area (Å²) in [4.78, 5) is 0. The highest BCUT2D eigenvalue weighted by Gasteiger charge is 2.06. The van der Waals surface area contributed by atoms with E-state index in [0.717, 1.165) is 11.3 Å². The summed E-state index contributed by atoms with van der Waals surface area (Å²) in [5.74, 6) is 0. The molecule has 110 valence electrons. The van der Waals surface area contributed by atoms with Gasteiger partial charge in [-0.05, 0) is 13.8 Å². The number of aliphatic hydroxyl groups is 1. The van der Waals surface area contributed by atoms with Gasteiger partial charge in [-0.2, -0.15) is 5.10 Å². The third-order valence-corrected chi connectivity index (χ3v) is 2.70. The summed E-state index contributed by atoms with van der Waals surface area (Å²) in [5, 5.41) is 17.2. The predicted molar refractivity (Wildman–Crippen MR) is 73.0 cm³/mol. The Morgan fingerprint density at radius 1 is 1.42 bits per heavy atom. The predicted octanol–water partition coefficient (Wildman–Crippen LogP) is 0.232. The Morgan fingerprint density at radius 3 is 2.79 bits per heavy atom. The summed E-state index contributed by atoms with van der Waals surface area (Å²) >= 11 is 0. The van der Waals surface area contributed by atoms with E-state index in [1.165, 1.54) is 0 Å². The standard InChI is InChI=1S/C13H25N3O3/c1-4-18-5-6-19-10-13(17)8-14-7-12-9-16(3)15-11(12)2/h9,13-14,17H,4-8,10H2,1-3H3. The Kier molecular flexibility index (Phi) is 7.66. The summed E-state index contributed by atoms with van der Waals surface area (Å²) in [5.41, 5.74) is 2.16. The molecule has 1 heterocycles. The topological polar surface area (TPSA) is 68.5 Å². The molecule has 1 aromatic rings. The first-order valence-corrected chi connectivity index (χ1v) is 6.66. The number of nitrogens with zero attached hydrogens (tertiary/aromatic N) is 2. The van der Waals surface area contributed by atoms with Crippen LogP contribution in [0.3, 0.4) is 0 Å². The van der Waals surface area contributed by atoms with Crippen molar-refractivity contribution in [1.82, 2.24) is 15.1 Å². The summed E-state index contributed by atoms with van der Waals surface area (Å²) in [7, 11) is 1.90. The minimum absolute atomic E-state index is 0.325. The molecule has 0 bridgehead atoms. The molecule has 1 atom stereocenters. The van der Waals surface area contributed by atoms with Crippen molar-refractivity contribution in [2.75, 3.05) is 33.0 Å². The Hall–Kier alpha value is -0.950. The second-order valence-electron chi connectivity index (χ2n) is 4.47. The van der Waals surface area contributed by atoms with E-state index < -0.39 is 6.10 Å². The van der Waals surface area contributed by atoms with Crippen molar-refractivity contribution in [1.29, 1.82) is 0 Å². The maximum Gasteiger partial charge on any atom is 0.0897 e. The molecule has 2 N–H and O–H groups in total. The highest BCUT2D eigenvalue weighted by atomic mass is 16.5. The SMILES string of the molecule is CCOCCOCC(O)CNCc1cn(C)nc1C. The lowest BCUT2D eigenvalue weighted by Gasteiger charge is -2.12. The second kappa shape index (κ2) is 9.03. The molecule has 0 aliphatic heterocycles. The first-order chi connectivity index (χ1) is 9.13. The van der Waals surface area contributed by atoms with Crippen molar-refractivity contribution in [3.8, 4) is 0 Å². The molecule has 1 rings (SSSR count). The number of hydrogen-bond donors (Lipinski definition) is 2. The smallest absolute Gasteiger partial charge is 0.0897 e. The van der Waals surface area contributed by atoms with Crippen molar-refractivity contribution in [2.24, 2.45) is 7.05 Å². The minimum Gasteiger partial charge on any atom is -0.389 e. The molecule has 0 aliphatic rings. The van der Waals surface area contributed by atoms with Crippen LogP contribution in [-0.2, 0) is 23.1 Å². The van der Waals surface area contributed by atoms with Gasteiger partial charge in [-0.1, -0.05) is 0 Å². The first kappa shape index (κ1) is 16.1. The van der Waals surface area contributed by atoms with Crippen LogP contribution in [0.2, 0.25) is 0 Å². The van der Waals surface area contributed by atoms with E-state index in [4.69, 9.17) is 9.47 Å². The molecular weight excluding hydrogens is 246 g/mol. The van der Waals surface area contributed by atoms with Crippen LogP contribution in [-0.4, -0.2) is 54.0 Å². The number of nitrogens with one attached hydrogen (secondary N) is 1. The summed E-state index contributed by atoms with van der Waals surface area (Å²) < 4.78 is 12.2. The lowest BCUT2D eigenvalue weighted by atomic mass is 10.2. The molecule has 1 aromatic heterocycles. The molecule has 0 amide bonds. The maximum absolute atomic E-state index is 9.71. The van der Waals surface area contributed by atoms with Crippen LogP contribution in [0.25, 0.3) is 0 Å². The van der Waals surface area contributed by atoms with Crippen LogP contribution >= 0.6 is 0 Å². The number of aryl methyl sites for hydroxylation is 2. The van der Waals surface area contributed by atoms with Crippen LogP contribution in [0.15, 0.2) is 6.20 Å². The zero-order valence-corrected chi connectivity index (χ0v) is 12.1. The van der Waals surface area contributed by atoms with Crippen molar-refractivity contribution in [2.45, 2.75) is 26.5 Å². The number of hydrogen-bond acceptors (Lipinski definition) is 5. The van der Waals surface area contributed by atoms with Gasteiger partial charge in [0, 0.05) is 38.5 Å². The fourth-order valence-corrected chi connectivity index (χ4v) is 1.74. The van der Waals surface area contributed by atoms with E-state index in [1.807, 2.05) is 27.1 Å². The number of aromatic nitrogens is 2. The molecule has 0 radical (unpaired) electrons. The van der Waals surface area contributed by atoms with Gasteiger partial charge in [0.05, 0.1) is 31.6 Å². The molecule has 0 saturated heterocycles. The van der Waals surface area contributed by atoms with Crippen molar-refractivity contribution >= 4 is 0 Å². The van der Waals surface area contributed by atoms with E-state index in [9.17, 15) is 5.11 Å². The molecule has 0 spiro atoms. The van der Waals surface area contributed by atoms with Crippen molar-refractivity contribution in [3.63, 3.8) is 0 Å². The van der Waals surface area contributed by atoms with Gasteiger partial charge < -0.3 is 19.9 Å². The zero-order chi connectivity index (χ0) is 14.1. The summed E-state index contributed by atoms with van der Waals surface area (Å²) in [6, 6.07) is 0. The Labute approximate surface area is 114 Å². The molecule has 1 unspecified atom stereocenters. The van der Waals surface area contributed by atoms with E-state index in [1.54, 1.807) is 4.68 Å². The average molecular weight is 271 g/mol. The van der Waals surface area contributed by atoms with Gasteiger partial charge in [-0.3, -0.25) is 4.68 Å². The van der Waals surface area contributed by atoms with Crippen molar-refractivity contribution in [3.05, 3.63) is 17.5 Å². The molecule has 0 aliphatic carbocycles. The Morgan fingerprint density at radius 2 is 2.16 bits per heavy atom. The van der Waals surface area contributed by atoms with Gasteiger partial charge in [0.25, 0.3) is 0 Å². The minimum atomic E-state index is -0.501. The molecule has 6 nitrogen and oxygen atoms in total. The molecular formula is C13H25N3O3. The molecule has 0 aromatic carbocycles. The molecule has 0 fully saturated rings. The van der Waals surface area contributed by atoms with Crippen molar-refractivity contribution < 1.29 is 14.6 Å². The largest absolute Gasteiger partial charge is 0.389 e. The number of ether oxygens (including phenoxy) is 2. The lowest BCUT2D eigenvalue weighted by molar-refractivity contribution is 0.00642. The fourth-order valence-electron chi connectivity index (χ4n) is 1.74. The molecule has 0 saturated carbocycles. The second-order valence-corrected chi connectivity index (χ2v) is 4.47. The maximum atomic E-state index is 9.71. The molecule has 19 heavy (non-hydrogen) atoms. The van der Waals surface area contributed by atoms with Gasteiger partial charge in [0.15, 0.2) is 0 Å². The van der Waals surface area contributed by atoms with Gasteiger partial charge in [0.1, 0.15) is 0 Å². The average Bonchev–Trinajstić information content (AvgIpc) is 2.68. The van der Waals surface area contributed by atoms with E-state index in [0.29, 0.717) is 39.5 Å². The highest BCUT2D eigenvalue weighted by Crippen LogP contribution is 2.03. The fraction of sp³-hybridized carbons (Fsp3) is 0.769. The Bertz CT molecular complexity index is 355. The quantitative estimate of drug-likeness (QED) is 0.596. The molecule has 6 heteroatoms. The Balaban J connectivity index is 2.07. The van der Waals surface area contributed by atoms with E-state index in [2.05, 4.69) is 10.4 Å². The van der Waals surface area contributed by atoms with Gasteiger partial charge in [-0.15, -0.1) is 0 Å². The highest BCUT2D eigenvalue weighted by molar-refractivity contribution is 5.14. The van der Waals surface area contributed by atoms with Gasteiger partial charge in [-0.25, -0.2) is 0 Å². The van der Waals surface area contributed by atoms with Crippen LogP contribution in [0.5, 0.6) is 0 Å².